The molecule has 1 atom stereocenters. The molecule has 1 N–H and O–H groups in total. The van der Waals surface area contributed by atoms with E-state index in [0.29, 0.717) is 6.04 Å². The van der Waals surface area contributed by atoms with E-state index in [2.05, 4.69) is 31.3 Å². The molecule has 0 bridgehead atoms. The predicted octanol–water partition coefficient (Wildman–Crippen LogP) is 2.97. The summed E-state index contributed by atoms with van der Waals surface area (Å²) in [5.74, 6) is 0.949. The summed E-state index contributed by atoms with van der Waals surface area (Å²) in [5, 5.41) is 3.46. The van der Waals surface area contributed by atoms with Crippen molar-refractivity contribution >= 4 is 0 Å². The average molecular weight is 207 g/mol. The fraction of sp³-hybridized carbons (Fsp3) is 0.538. The van der Waals surface area contributed by atoms with Crippen LogP contribution >= 0.6 is 0 Å². The lowest BCUT2D eigenvalue weighted by Gasteiger charge is -2.11. The van der Waals surface area contributed by atoms with E-state index >= 15 is 0 Å². The molecule has 15 heavy (non-hydrogen) atoms. The highest BCUT2D eigenvalue weighted by Crippen LogP contribution is 2.11. The standard InChI is InChI=1S/C13H21NO/c1-4-11(3)14-10-12-6-8-13(9-7-12)15-5-2/h6-9,11,14H,4-5,10H2,1-3H3/t11-/m0/s1. The van der Waals surface area contributed by atoms with Gasteiger partial charge in [0.2, 0.25) is 0 Å². The Labute approximate surface area is 92.6 Å². The van der Waals surface area contributed by atoms with Crippen molar-refractivity contribution in [2.75, 3.05) is 6.61 Å². The Morgan fingerprint density at radius 1 is 1.20 bits per heavy atom. The van der Waals surface area contributed by atoms with Crippen molar-refractivity contribution in [3.8, 4) is 5.75 Å². The monoisotopic (exact) mass is 207 g/mol. The van der Waals surface area contributed by atoms with E-state index in [0.717, 1.165) is 25.3 Å². The highest BCUT2D eigenvalue weighted by Gasteiger charge is 1.98. The van der Waals surface area contributed by atoms with Gasteiger partial charge < -0.3 is 10.1 Å². The van der Waals surface area contributed by atoms with E-state index in [1.54, 1.807) is 0 Å². The molecule has 0 unspecified atom stereocenters. The first-order valence-corrected chi connectivity index (χ1v) is 5.71. The molecule has 0 saturated carbocycles. The fourth-order valence-electron chi connectivity index (χ4n) is 1.31. The second-order valence-electron chi connectivity index (χ2n) is 3.77. The van der Waals surface area contributed by atoms with Gasteiger partial charge in [-0.1, -0.05) is 19.1 Å². The predicted molar refractivity (Wildman–Crippen MR) is 64.2 cm³/mol. The van der Waals surface area contributed by atoms with Crippen LogP contribution in [-0.4, -0.2) is 12.6 Å². The Morgan fingerprint density at radius 3 is 2.40 bits per heavy atom. The first kappa shape index (κ1) is 12.1. The van der Waals surface area contributed by atoms with Crippen LogP contribution in [-0.2, 0) is 6.54 Å². The van der Waals surface area contributed by atoms with Gasteiger partial charge in [-0.25, -0.2) is 0 Å². The van der Waals surface area contributed by atoms with Crippen LogP contribution in [0.15, 0.2) is 24.3 Å². The molecule has 0 aromatic heterocycles. The minimum absolute atomic E-state index is 0.580. The van der Waals surface area contributed by atoms with Gasteiger partial charge in [0.15, 0.2) is 0 Å². The van der Waals surface area contributed by atoms with E-state index in [1.165, 1.54) is 5.56 Å². The van der Waals surface area contributed by atoms with Crippen LogP contribution in [0.3, 0.4) is 0 Å². The maximum Gasteiger partial charge on any atom is 0.119 e. The number of benzene rings is 1. The summed E-state index contributed by atoms with van der Waals surface area (Å²) >= 11 is 0. The molecule has 0 aliphatic carbocycles. The van der Waals surface area contributed by atoms with Crippen LogP contribution in [0.2, 0.25) is 0 Å². The summed E-state index contributed by atoms with van der Waals surface area (Å²) in [5.41, 5.74) is 1.30. The number of hydrogen-bond donors (Lipinski definition) is 1. The third kappa shape index (κ3) is 4.34. The molecule has 2 heteroatoms. The van der Waals surface area contributed by atoms with Crippen molar-refractivity contribution in [3.05, 3.63) is 29.8 Å². The minimum Gasteiger partial charge on any atom is -0.494 e. The molecule has 0 amide bonds. The van der Waals surface area contributed by atoms with Gasteiger partial charge in [0.1, 0.15) is 5.75 Å². The van der Waals surface area contributed by atoms with Crippen LogP contribution in [0.4, 0.5) is 0 Å². The van der Waals surface area contributed by atoms with Crippen molar-refractivity contribution in [2.24, 2.45) is 0 Å². The van der Waals surface area contributed by atoms with Crippen LogP contribution in [0.5, 0.6) is 5.75 Å². The van der Waals surface area contributed by atoms with Crippen molar-refractivity contribution < 1.29 is 4.74 Å². The third-order valence-electron chi connectivity index (χ3n) is 2.50. The topological polar surface area (TPSA) is 21.3 Å². The van der Waals surface area contributed by atoms with Gasteiger partial charge in [0.25, 0.3) is 0 Å². The number of ether oxygens (including phenoxy) is 1. The summed E-state index contributed by atoms with van der Waals surface area (Å²) in [4.78, 5) is 0. The Balaban J connectivity index is 2.42. The lowest BCUT2D eigenvalue weighted by atomic mass is 10.2. The van der Waals surface area contributed by atoms with Crippen molar-refractivity contribution in [1.29, 1.82) is 0 Å². The SMILES string of the molecule is CCOc1ccc(CN[C@@H](C)CC)cc1. The molecule has 1 aromatic carbocycles. The highest BCUT2D eigenvalue weighted by molar-refractivity contribution is 5.27. The Bertz CT molecular complexity index is 268. The molecule has 0 fully saturated rings. The maximum atomic E-state index is 5.39. The Kier molecular flexibility index (Phi) is 5.19. The van der Waals surface area contributed by atoms with E-state index in [-0.39, 0.29) is 0 Å². The molecule has 0 radical (unpaired) electrons. The van der Waals surface area contributed by atoms with Gasteiger partial charge in [0.05, 0.1) is 6.61 Å². The zero-order chi connectivity index (χ0) is 11.1. The van der Waals surface area contributed by atoms with Gasteiger partial charge >= 0.3 is 0 Å². The first-order valence-electron chi connectivity index (χ1n) is 5.71. The van der Waals surface area contributed by atoms with Crippen molar-refractivity contribution in [2.45, 2.75) is 39.8 Å². The largest absolute Gasteiger partial charge is 0.494 e. The van der Waals surface area contributed by atoms with Crippen LogP contribution < -0.4 is 10.1 Å². The number of rotatable bonds is 6. The smallest absolute Gasteiger partial charge is 0.119 e. The summed E-state index contributed by atoms with van der Waals surface area (Å²) in [6.07, 6.45) is 1.16. The second-order valence-corrected chi connectivity index (χ2v) is 3.77. The van der Waals surface area contributed by atoms with E-state index in [4.69, 9.17) is 4.74 Å². The Hall–Kier alpha value is -1.02. The lowest BCUT2D eigenvalue weighted by molar-refractivity contribution is 0.340. The first-order chi connectivity index (χ1) is 7.26. The molecule has 0 aliphatic rings. The lowest BCUT2D eigenvalue weighted by Crippen LogP contribution is -2.24. The fourth-order valence-corrected chi connectivity index (χ4v) is 1.31. The van der Waals surface area contributed by atoms with Gasteiger partial charge in [0, 0.05) is 12.6 Å². The summed E-state index contributed by atoms with van der Waals surface area (Å²) in [6.45, 7) is 8.05. The summed E-state index contributed by atoms with van der Waals surface area (Å²) in [7, 11) is 0. The second kappa shape index (κ2) is 6.46. The van der Waals surface area contributed by atoms with Crippen molar-refractivity contribution in [3.63, 3.8) is 0 Å². The molecular weight excluding hydrogens is 186 g/mol. The van der Waals surface area contributed by atoms with Gasteiger partial charge in [-0.15, -0.1) is 0 Å². The quantitative estimate of drug-likeness (QED) is 0.774. The van der Waals surface area contributed by atoms with Gasteiger partial charge in [-0.2, -0.15) is 0 Å². The molecule has 0 spiro atoms. The molecule has 84 valence electrons. The zero-order valence-corrected chi connectivity index (χ0v) is 9.92. The maximum absolute atomic E-state index is 5.39. The van der Waals surface area contributed by atoms with Crippen LogP contribution in [0.1, 0.15) is 32.8 Å². The normalized spacial score (nSPS) is 12.5. The average Bonchev–Trinajstić information content (AvgIpc) is 2.28. The minimum atomic E-state index is 0.580. The number of hydrogen-bond acceptors (Lipinski definition) is 2. The molecular formula is C13H21NO. The van der Waals surface area contributed by atoms with Gasteiger partial charge in [-0.3, -0.25) is 0 Å². The highest BCUT2D eigenvalue weighted by atomic mass is 16.5. The molecule has 0 heterocycles. The molecule has 0 saturated heterocycles. The number of nitrogens with one attached hydrogen (secondary N) is 1. The summed E-state index contributed by atoms with van der Waals surface area (Å²) in [6, 6.07) is 8.85. The summed E-state index contributed by atoms with van der Waals surface area (Å²) < 4.78 is 5.39. The zero-order valence-electron chi connectivity index (χ0n) is 9.92. The van der Waals surface area contributed by atoms with E-state index in [1.807, 2.05) is 19.1 Å². The molecule has 0 aliphatic heterocycles. The molecule has 1 aromatic rings. The molecule has 2 nitrogen and oxygen atoms in total. The van der Waals surface area contributed by atoms with Crippen molar-refractivity contribution in [1.82, 2.24) is 5.32 Å². The Morgan fingerprint density at radius 2 is 1.87 bits per heavy atom. The third-order valence-corrected chi connectivity index (χ3v) is 2.50. The van der Waals surface area contributed by atoms with E-state index < -0.39 is 0 Å². The van der Waals surface area contributed by atoms with Crippen LogP contribution in [0, 0.1) is 0 Å². The van der Waals surface area contributed by atoms with E-state index in [9.17, 15) is 0 Å². The van der Waals surface area contributed by atoms with Gasteiger partial charge in [-0.05, 0) is 38.0 Å². The van der Waals surface area contributed by atoms with Crippen LogP contribution in [0.25, 0.3) is 0 Å². The molecule has 1 rings (SSSR count).